The van der Waals surface area contributed by atoms with E-state index in [1.807, 2.05) is 24.3 Å². The van der Waals surface area contributed by atoms with E-state index in [0.717, 1.165) is 0 Å². The molecule has 0 fully saturated rings. The Morgan fingerprint density at radius 1 is 1.26 bits per heavy atom. The number of nitrogens with zero attached hydrogens (tertiary/aromatic N) is 3. The maximum Gasteiger partial charge on any atom is 0.413 e. The molecule has 1 unspecified atom stereocenters. The monoisotopic (exact) mass is 460 g/mol. The fourth-order valence-corrected chi connectivity index (χ4v) is 4.92. The summed E-state index contributed by atoms with van der Waals surface area (Å²) >= 11 is 1.22. The topological polar surface area (TPSA) is 111 Å². The zero-order chi connectivity index (χ0) is 22.6. The molecule has 0 bridgehead atoms. The number of amides is 2. The van der Waals surface area contributed by atoms with Gasteiger partial charge in [-0.15, -0.1) is 0 Å². The van der Waals surface area contributed by atoms with Gasteiger partial charge in [0.1, 0.15) is 5.60 Å². The summed E-state index contributed by atoms with van der Waals surface area (Å²) in [4.78, 5) is 33.5. The van der Waals surface area contributed by atoms with Crippen LogP contribution in [0.4, 0.5) is 9.93 Å². The molecule has 0 aliphatic heterocycles. The van der Waals surface area contributed by atoms with Crippen molar-refractivity contribution >= 4 is 38.2 Å². The van der Waals surface area contributed by atoms with Crippen LogP contribution in [0.3, 0.4) is 0 Å². The van der Waals surface area contributed by atoms with Crippen molar-refractivity contribution < 1.29 is 18.5 Å². The Morgan fingerprint density at radius 3 is 2.71 bits per heavy atom. The SMILES string of the molecule is CC(C)(C)OC(=O)Nc1ncc(-c2cncc(C(=O)N=[S@@](C)(=O)C3C=CC=CC3)c2)s1. The molecule has 0 saturated carbocycles. The first-order chi connectivity index (χ1) is 14.5. The van der Waals surface area contributed by atoms with E-state index in [1.54, 1.807) is 39.2 Å². The number of carbonyl (C=O) groups is 2. The van der Waals surface area contributed by atoms with Gasteiger partial charge in [0.15, 0.2) is 5.13 Å². The van der Waals surface area contributed by atoms with Crippen LogP contribution in [-0.2, 0) is 14.5 Å². The average molecular weight is 461 g/mol. The molecule has 0 aromatic carbocycles. The fraction of sp³-hybridized carbons (Fsp3) is 0.333. The van der Waals surface area contributed by atoms with Gasteiger partial charge in [-0.25, -0.2) is 14.0 Å². The lowest BCUT2D eigenvalue weighted by molar-refractivity contribution is 0.0635. The molecule has 164 valence electrons. The number of pyridine rings is 1. The van der Waals surface area contributed by atoms with Gasteiger partial charge < -0.3 is 4.74 Å². The molecule has 2 amide bonds. The van der Waals surface area contributed by atoms with Crippen molar-refractivity contribution in [3.05, 3.63) is 54.5 Å². The molecule has 2 atom stereocenters. The second-order valence-electron chi connectivity index (χ2n) is 7.96. The first kappa shape index (κ1) is 22.8. The lowest BCUT2D eigenvalue weighted by Crippen LogP contribution is -2.27. The van der Waals surface area contributed by atoms with E-state index < -0.39 is 27.3 Å². The van der Waals surface area contributed by atoms with E-state index in [-0.39, 0.29) is 10.8 Å². The molecule has 1 aliphatic rings. The summed E-state index contributed by atoms with van der Waals surface area (Å²) < 4.78 is 22.1. The Balaban J connectivity index is 1.77. The van der Waals surface area contributed by atoms with Gasteiger partial charge in [0.05, 0.1) is 25.4 Å². The maximum absolute atomic E-state index is 12.9. The van der Waals surface area contributed by atoms with Gasteiger partial charge in [0.2, 0.25) is 0 Å². The summed E-state index contributed by atoms with van der Waals surface area (Å²) in [5.41, 5.74) is 0.255. The molecule has 10 heteroatoms. The molecular formula is C21H24N4O4S2. The van der Waals surface area contributed by atoms with E-state index in [1.165, 1.54) is 23.8 Å². The Hall–Kier alpha value is -2.85. The van der Waals surface area contributed by atoms with Crippen LogP contribution >= 0.6 is 11.3 Å². The molecule has 1 N–H and O–H groups in total. The molecule has 2 aromatic rings. The van der Waals surface area contributed by atoms with Gasteiger partial charge >= 0.3 is 6.09 Å². The number of hydrogen-bond acceptors (Lipinski definition) is 7. The number of carbonyl (C=O) groups excluding carboxylic acids is 2. The van der Waals surface area contributed by atoms with Gasteiger partial charge in [-0.2, -0.15) is 4.36 Å². The summed E-state index contributed by atoms with van der Waals surface area (Å²) in [7, 11) is -2.74. The third-order valence-electron chi connectivity index (χ3n) is 4.15. The second kappa shape index (κ2) is 9.11. The zero-order valence-electron chi connectivity index (χ0n) is 17.7. The standard InChI is InChI=1S/C21H24N4O4S2/c1-21(2,3)29-20(27)24-19-23-13-17(30-19)14-10-15(12-22-11-14)18(26)25-31(4,28)16-8-6-5-7-9-16/h5-8,10-13,16H,9H2,1-4H3,(H,23,24,27)/t16?,31-/m0/s1. The number of rotatable bonds is 4. The quantitative estimate of drug-likeness (QED) is 0.709. The number of thiazole rings is 1. The summed E-state index contributed by atoms with van der Waals surface area (Å²) in [5.74, 6) is -0.582. The third kappa shape index (κ3) is 6.31. The number of aromatic nitrogens is 2. The minimum absolute atomic E-state index is 0.234. The van der Waals surface area contributed by atoms with Crippen molar-refractivity contribution in [1.82, 2.24) is 9.97 Å². The number of hydrogen-bond donors (Lipinski definition) is 1. The van der Waals surface area contributed by atoms with E-state index in [0.29, 0.717) is 22.0 Å². The fourth-order valence-electron chi connectivity index (χ4n) is 2.72. The molecule has 0 saturated heterocycles. The Labute approximate surface area is 185 Å². The number of nitrogens with one attached hydrogen (secondary N) is 1. The van der Waals surface area contributed by atoms with Crippen LogP contribution in [0.2, 0.25) is 0 Å². The largest absolute Gasteiger partial charge is 0.444 e. The maximum atomic E-state index is 12.9. The Morgan fingerprint density at radius 2 is 2.03 bits per heavy atom. The first-order valence-corrected chi connectivity index (χ1v) is 12.3. The molecular weight excluding hydrogens is 436 g/mol. The first-order valence-electron chi connectivity index (χ1n) is 9.53. The average Bonchev–Trinajstić information content (AvgIpc) is 3.15. The van der Waals surface area contributed by atoms with Crippen LogP contribution in [0.1, 0.15) is 37.6 Å². The summed E-state index contributed by atoms with van der Waals surface area (Å²) in [6.45, 7) is 5.32. The number of ether oxygens (including phenoxy) is 1. The predicted molar refractivity (Wildman–Crippen MR) is 123 cm³/mol. The molecule has 2 heterocycles. The lowest BCUT2D eigenvalue weighted by Gasteiger charge is -2.18. The molecule has 1 aliphatic carbocycles. The summed E-state index contributed by atoms with van der Waals surface area (Å²) in [6, 6.07) is 1.62. The molecule has 31 heavy (non-hydrogen) atoms. The van der Waals surface area contributed by atoms with Crippen molar-refractivity contribution in [2.45, 2.75) is 38.0 Å². The molecule has 2 aromatic heterocycles. The van der Waals surface area contributed by atoms with E-state index in [9.17, 15) is 13.8 Å². The molecule has 8 nitrogen and oxygen atoms in total. The Kier molecular flexibility index (Phi) is 6.71. The van der Waals surface area contributed by atoms with Crippen LogP contribution in [0.15, 0.2) is 53.3 Å². The van der Waals surface area contributed by atoms with Crippen LogP contribution in [0.25, 0.3) is 10.4 Å². The highest BCUT2D eigenvalue weighted by molar-refractivity contribution is 7.94. The van der Waals surface area contributed by atoms with Gasteiger partial charge in [-0.05, 0) is 33.3 Å². The highest BCUT2D eigenvalue weighted by Crippen LogP contribution is 2.29. The predicted octanol–water partition coefficient (Wildman–Crippen LogP) is 4.67. The summed E-state index contributed by atoms with van der Waals surface area (Å²) in [5, 5.41) is 2.64. The van der Waals surface area contributed by atoms with Gasteiger partial charge in [-0.3, -0.25) is 15.1 Å². The van der Waals surface area contributed by atoms with Crippen molar-refractivity contribution in [2.75, 3.05) is 11.6 Å². The van der Waals surface area contributed by atoms with Crippen LogP contribution in [-0.4, -0.2) is 43.3 Å². The number of allylic oxidation sites excluding steroid dienone is 3. The van der Waals surface area contributed by atoms with Gasteiger partial charge in [0.25, 0.3) is 5.91 Å². The van der Waals surface area contributed by atoms with Gasteiger partial charge in [-0.1, -0.05) is 35.6 Å². The molecule has 0 radical (unpaired) electrons. The minimum Gasteiger partial charge on any atom is -0.444 e. The van der Waals surface area contributed by atoms with Crippen LogP contribution in [0, 0.1) is 0 Å². The van der Waals surface area contributed by atoms with Crippen molar-refractivity contribution in [1.29, 1.82) is 0 Å². The molecule has 0 spiro atoms. The van der Waals surface area contributed by atoms with Crippen LogP contribution < -0.4 is 5.32 Å². The lowest BCUT2D eigenvalue weighted by atomic mass is 10.2. The summed E-state index contributed by atoms with van der Waals surface area (Å²) in [6.07, 6.45) is 13.4. The van der Waals surface area contributed by atoms with E-state index in [2.05, 4.69) is 19.6 Å². The highest BCUT2D eigenvalue weighted by atomic mass is 32.2. The van der Waals surface area contributed by atoms with Crippen LogP contribution in [0.5, 0.6) is 0 Å². The van der Waals surface area contributed by atoms with Crippen molar-refractivity contribution in [3.63, 3.8) is 0 Å². The van der Waals surface area contributed by atoms with Gasteiger partial charge in [0, 0.05) is 30.4 Å². The number of anilines is 1. The van der Waals surface area contributed by atoms with E-state index in [4.69, 9.17) is 4.74 Å². The smallest absolute Gasteiger partial charge is 0.413 e. The van der Waals surface area contributed by atoms with Crippen molar-refractivity contribution in [3.8, 4) is 10.4 Å². The van der Waals surface area contributed by atoms with E-state index >= 15 is 0 Å². The highest BCUT2D eigenvalue weighted by Gasteiger charge is 2.20. The van der Waals surface area contributed by atoms with Crippen molar-refractivity contribution in [2.24, 2.45) is 4.36 Å². The zero-order valence-corrected chi connectivity index (χ0v) is 19.3. The minimum atomic E-state index is -2.74. The Bertz CT molecular complexity index is 1170. The normalized spacial score (nSPS) is 17.6. The third-order valence-corrected chi connectivity index (χ3v) is 7.11. The molecule has 3 rings (SSSR count). The second-order valence-corrected chi connectivity index (χ2v) is 11.5.